The number of nitrogens with zero attached hydrogens (tertiary/aromatic N) is 2. The molecule has 0 aliphatic heterocycles. The molecule has 0 atom stereocenters. The van der Waals surface area contributed by atoms with E-state index in [1.54, 1.807) is 18.9 Å². The van der Waals surface area contributed by atoms with Gasteiger partial charge >= 0.3 is 0 Å². The lowest BCUT2D eigenvalue weighted by atomic mass is 10.2. The molecule has 0 saturated heterocycles. The third-order valence-corrected chi connectivity index (χ3v) is 3.91. The van der Waals surface area contributed by atoms with Crippen molar-refractivity contribution in [3.8, 4) is 28.6 Å². The van der Waals surface area contributed by atoms with Gasteiger partial charge in [-0.15, -0.1) is 11.8 Å². The molecule has 0 aliphatic carbocycles. The van der Waals surface area contributed by atoms with Gasteiger partial charge in [-0.2, -0.15) is 4.98 Å². The second-order valence-corrected chi connectivity index (χ2v) is 5.20. The van der Waals surface area contributed by atoms with Gasteiger partial charge in [-0.25, -0.2) is 0 Å². The lowest BCUT2D eigenvalue weighted by Crippen LogP contribution is -1.85. The van der Waals surface area contributed by atoms with Crippen molar-refractivity contribution in [2.75, 3.05) is 13.4 Å². The molecule has 5 heteroatoms. The van der Waals surface area contributed by atoms with E-state index in [0.717, 1.165) is 21.8 Å². The highest BCUT2D eigenvalue weighted by Gasteiger charge is 2.13. The predicted octanol–water partition coefficient (Wildman–Crippen LogP) is 4.13. The Bertz CT molecular complexity index is 738. The summed E-state index contributed by atoms with van der Waals surface area (Å²) < 4.78 is 10.5. The maximum absolute atomic E-state index is 5.40. The van der Waals surface area contributed by atoms with Crippen molar-refractivity contribution in [2.24, 2.45) is 0 Å². The molecule has 106 valence electrons. The lowest BCUT2D eigenvalue weighted by Gasteiger charge is -2.01. The van der Waals surface area contributed by atoms with Crippen LogP contribution in [-0.2, 0) is 0 Å². The van der Waals surface area contributed by atoms with Gasteiger partial charge in [0.25, 0.3) is 5.89 Å². The van der Waals surface area contributed by atoms with Crippen LogP contribution >= 0.6 is 11.8 Å². The normalized spacial score (nSPS) is 10.6. The molecule has 0 fully saturated rings. The van der Waals surface area contributed by atoms with E-state index in [1.807, 2.05) is 54.8 Å². The van der Waals surface area contributed by atoms with Crippen LogP contribution in [0.15, 0.2) is 57.9 Å². The van der Waals surface area contributed by atoms with Crippen LogP contribution in [0.1, 0.15) is 0 Å². The van der Waals surface area contributed by atoms with Gasteiger partial charge in [-0.3, -0.25) is 0 Å². The van der Waals surface area contributed by atoms with Gasteiger partial charge in [0.15, 0.2) is 0 Å². The van der Waals surface area contributed by atoms with Crippen LogP contribution < -0.4 is 4.74 Å². The molecule has 0 bridgehead atoms. The van der Waals surface area contributed by atoms with Crippen molar-refractivity contribution in [1.82, 2.24) is 10.1 Å². The average Bonchev–Trinajstić information content (AvgIpc) is 3.04. The monoisotopic (exact) mass is 298 g/mol. The second-order valence-electron chi connectivity index (χ2n) is 4.35. The number of hydrogen-bond donors (Lipinski definition) is 0. The molecule has 1 heterocycles. The van der Waals surface area contributed by atoms with Gasteiger partial charge in [0.05, 0.1) is 12.7 Å². The fourth-order valence-corrected chi connectivity index (χ4v) is 2.60. The number of rotatable bonds is 4. The minimum absolute atomic E-state index is 0.533. The van der Waals surface area contributed by atoms with Crippen LogP contribution in [0.5, 0.6) is 5.75 Å². The molecule has 0 spiro atoms. The molecule has 3 aromatic rings. The third-order valence-electron chi connectivity index (χ3n) is 3.11. The molecule has 3 rings (SSSR count). The third kappa shape index (κ3) is 2.78. The summed E-state index contributed by atoms with van der Waals surface area (Å²) in [5.41, 5.74) is 1.85. The fraction of sp³-hybridized carbons (Fsp3) is 0.125. The zero-order valence-corrected chi connectivity index (χ0v) is 12.6. The summed E-state index contributed by atoms with van der Waals surface area (Å²) in [6.07, 6.45) is 2.03. The van der Waals surface area contributed by atoms with E-state index in [0.29, 0.717) is 11.7 Å². The Morgan fingerprint density at radius 2 is 1.81 bits per heavy atom. The van der Waals surface area contributed by atoms with Gasteiger partial charge in [0.1, 0.15) is 5.75 Å². The highest BCUT2D eigenvalue weighted by atomic mass is 32.2. The van der Waals surface area contributed by atoms with Crippen LogP contribution in [0.3, 0.4) is 0 Å². The number of methoxy groups -OCH3 is 1. The van der Waals surface area contributed by atoms with E-state index in [2.05, 4.69) is 10.1 Å². The Morgan fingerprint density at radius 1 is 1.05 bits per heavy atom. The molecular formula is C16H14N2O2S. The molecule has 2 aromatic carbocycles. The average molecular weight is 298 g/mol. The molecule has 4 nitrogen and oxygen atoms in total. The highest BCUT2D eigenvalue weighted by molar-refractivity contribution is 7.98. The summed E-state index contributed by atoms with van der Waals surface area (Å²) in [7, 11) is 1.64. The largest absolute Gasteiger partial charge is 0.497 e. The molecule has 0 radical (unpaired) electrons. The first-order valence-corrected chi connectivity index (χ1v) is 7.66. The number of ether oxygens (including phenoxy) is 1. The van der Waals surface area contributed by atoms with E-state index < -0.39 is 0 Å². The quantitative estimate of drug-likeness (QED) is 0.678. The van der Waals surface area contributed by atoms with Crippen LogP contribution in [0.25, 0.3) is 22.8 Å². The van der Waals surface area contributed by atoms with E-state index in [-0.39, 0.29) is 0 Å². The van der Waals surface area contributed by atoms with Crippen LogP contribution in [0.4, 0.5) is 0 Å². The molecule has 0 saturated carbocycles. The van der Waals surface area contributed by atoms with Crippen LogP contribution in [0.2, 0.25) is 0 Å². The number of aromatic nitrogens is 2. The summed E-state index contributed by atoms with van der Waals surface area (Å²) in [5.74, 6) is 1.91. The minimum Gasteiger partial charge on any atom is -0.497 e. The number of thioether (sulfide) groups is 1. The Hall–Kier alpha value is -2.27. The number of benzene rings is 2. The van der Waals surface area contributed by atoms with Crippen LogP contribution in [0, 0.1) is 0 Å². The topological polar surface area (TPSA) is 48.2 Å². The van der Waals surface area contributed by atoms with Crippen molar-refractivity contribution in [3.05, 3.63) is 48.5 Å². The first kappa shape index (κ1) is 13.7. The Morgan fingerprint density at radius 3 is 2.52 bits per heavy atom. The number of hydrogen-bond acceptors (Lipinski definition) is 5. The van der Waals surface area contributed by atoms with Crippen molar-refractivity contribution < 1.29 is 9.26 Å². The summed E-state index contributed by atoms with van der Waals surface area (Å²) in [6, 6.07) is 15.6. The van der Waals surface area contributed by atoms with E-state index in [1.165, 1.54) is 0 Å². The summed E-state index contributed by atoms with van der Waals surface area (Å²) in [4.78, 5) is 5.60. The van der Waals surface area contributed by atoms with Crippen molar-refractivity contribution in [1.29, 1.82) is 0 Å². The minimum atomic E-state index is 0.533. The maximum atomic E-state index is 5.40. The van der Waals surface area contributed by atoms with Gasteiger partial charge in [-0.1, -0.05) is 17.3 Å². The molecule has 21 heavy (non-hydrogen) atoms. The van der Waals surface area contributed by atoms with Gasteiger partial charge in [-0.05, 0) is 42.7 Å². The van der Waals surface area contributed by atoms with Crippen molar-refractivity contribution in [3.63, 3.8) is 0 Å². The smallest absolute Gasteiger partial charge is 0.259 e. The van der Waals surface area contributed by atoms with E-state index in [9.17, 15) is 0 Å². The Kier molecular flexibility index (Phi) is 3.92. The molecule has 0 aliphatic rings. The maximum Gasteiger partial charge on any atom is 0.259 e. The standard InChI is InChI=1S/C16H14N2O2S/c1-19-12-9-7-11(8-10-12)15-17-16(20-18-15)13-5-3-4-6-14(13)21-2/h3-10H,1-2H3. The zero-order valence-electron chi connectivity index (χ0n) is 11.7. The van der Waals surface area contributed by atoms with E-state index >= 15 is 0 Å². The zero-order chi connectivity index (χ0) is 14.7. The Labute approximate surface area is 127 Å². The second kappa shape index (κ2) is 6.01. The fourth-order valence-electron chi connectivity index (χ4n) is 2.01. The Balaban J connectivity index is 1.95. The molecular weight excluding hydrogens is 284 g/mol. The summed E-state index contributed by atoms with van der Waals surface area (Å²) in [6.45, 7) is 0. The van der Waals surface area contributed by atoms with Crippen molar-refractivity contribution >= 4 is 11.8 Å². The van der Waals surface area contributed by atoms with Gasteiger partial charge in [0.2, 0.25) is 5.82 Å². The lowest BCUT2D eigenvalue weighted by molar-refractivity contribution is 0.414. The van der Waals surface area contributed by atoms with Crippen LogP contribution in [-0.4, -0.2) is 23.5 Å². The molecule has 0 unspecified atom stereocenters. The SMILES string of the molecule is COc1ccc(-c2noc(-c3ccccc3SC)n2)cc1. The first-order chi connectivity index (χ1) is 10.3. The first-order valence-electron chi connectivity index (χ1n) is 6.43. The molecule has 0 N–H and O–H groups in total. The van der Waals surface area contributed by atoms with Gasteiger partial charge in [0, 0.05) is 10.5 Å². The predicted molar refractivity (Wildman–Crippen MR) is 83.5 cm³/mol. The molecule has 1 aromatic heterocycles. The van der Waals surface area contributed by atoms with Gasteiger partial charge < -0.3 is 9.26 Å². The highest BCUT2D eigenvalue weighted by Crippen LogP contribution is 2.30. The van der Waals surface area contributed by atoms with E-state index in [4.69, 9.17) is 9.26 Å². The molecule has 0 amide bonds. The van der Waals surface area contributed by atoms with Crippen molar-refractivity contribution in [2.45, 2.75) is 4.90 Å². The summed E-state index contributed by atoms with van der Waals surface area (Å²) >= 11 is 1.66. The summed E-state index contributed by atoms with van der Waals surface area (Å²) in [5, 5.41) is 4.06.